The van der Waals surface area contributed by atoms with Gasteiger partial charge in [-0.2, -0.15) is 0 Å². The second-order valence-corrected chi connectivity index (χ2v) is 3.69. The van der Waals surface area contributed by atoms with Gasteiger partial charge in [-0.15, -0.1) is 0 Å². The summed E-state index contributed by atoms with van der Waals surface area (Å²) in [5.74, 6) is -0.301. The zero-order valence-electron chi connectivity index (χ0n) is 9.56. The van der Waals surface area contributed by atoms with Crippen LogP contribution in [-0.2, 0) is 19.0 Å². The van der Waals surface area contributed by atoms with Gasteiger partial charge in [-0.1, -0.05) is 0 Å². The van der Waals surface area contributed by atoms with Crippen molar-refractivity contribution in [2.75, 3.05) is 40.5 Å². The Balaban J connectivity index is 2.38. The van der Waals surface area contributed by atoms with E-state index in [0.717, 1.165) is 13.1 Å². The first-order valence-corrected chi connectivity index (χ1v) is 5.12. The summed E-state index contributed by atoms with van der Waals surface area (Å²) in [5.41, 5.74) is 0. The predicted octanol–water partition coefficient (Wildman–Crippen LogP) is -0.105. The minimum Gasteiger partial charge on any atom is -0.467 e. The fourth-order valence-electron chi connectivity index (χ4n) is 1.58. The molecule has 1 aliphatic heterocycles. The van der Waals surface area contributed by atoms with E-state index in [1.54, 1.807) is 7.11 Å². The molecule has 0 radical (unpaired) electrons. The van der Waals surface area contributed by atoms with Crippen LogP contribution in [-0.4, -0.2) is 63.5 Å². The van der Waals surface area contributed by atoms with Crippen molar-refractivity contribution in [2.24, 2.45) is 0 Å². The number of rotatable bonds is 4. The molecule has 2 atom stereocenters. The smallest absolute Gasteiger partial charge is 0.336 e. The van der Waals surface area contributed by atoms with E-state index in [1.807, 2.05) is 6.92 Å². The summed E-state index contributed by atoms with van der Waals surface area (Å²) < 4.78 is 15.1. The standard InChI is InChI=1S/C10H19NO4/c1-8(13-2)6-11-4-5-15-9(7-11)10(12)14-3/h8-9H,4-7H2,1-3H3. The van der Waals surface area contributed by atoms with Crippen LogP contribution in [0.1, 0.15) is 6.92 Å². The maximum atomic E-state index is 11.3. The van der Waals surface area contributed by atoms with Crippen molar-refractivity contribution < 1.29 is 19.0 Å². The molecular formula is C10H19NO4. The fraction of sp³-hybridized carbons (Fsp3) is 0.900. The Morgan fingerprint density at radius 3 is 2.93 bits per heavy atom. The molecule has 5 nitrogen and oxygen atoms in total. The first-order valence-electron chi connectivity index (χ1n) is 5.12. The fourth-order valence-corrected chi connectivity index (χ4v) is 1.58. The Labute approximate surface area is 90.3 Å². The van der Waals surface area contributed by atoms with Gasteiger partial charge in [0.25, 0.3) is 0 Å². The predicted molar refractivity (Wildman–Crippen MR) is 54.7 cm³/mol. The molecule has 1 saturated heterocycles. The van der Waals surface area contributed by atoms with Gasteiger partial charge in [-0.25, -0.2) is 4.79 Å². The van der Waals surface area contributed by atoms with Crippen LogP contribution in [0.5, 0.6) is 0 Å². The Hall–Kier alpha value is -0.650. The summed E-state index contributed by atoms with van der Waals surface area (Å²) in [6.45, 7) is 4.80. The van der Waals surface area contributed by atoms with Crippen LogP contribution in [0, 0.1) is 0 Å². The van der Waals surface area contributed by atoms with Crippen LogP contribution in [0.15, 0.2) is 0 Å². The van der Waals surface area contributed by atoms with Crippen molar-refractivity contribution in [2.45, 2.75) is 19.1 Å². The van der Waals surface area contributed by atoms with E-state index in [9.17, 15) is 4.79 Å². The van der Waals surface area contributed by atoms with Gasteiger partial charge in [0.05, 0.1) is 19.8 Å². The molecule has 15 heavy (non-hydrogen) atoms. The van der Waals surface area contributed by atoms with E-state index in [4.69, 9.17) is 9.47 Å². The van der Waals surface area contributed by atoms with Crippen LogP contribution >= 0.6 is 0 Å². The summed E-state index contributed by atoms with van der Waals surface area (Å²) in [6.07, 6.45) is -0.283. The van der Waals surface area contributed by atoms with Gasteiger partial charge in [0, 0.05) is 26.7 Å². The third-order valence-electron chi connectivity index (χ3n) is 2.53. The molecule has 0 aromatic heterocycles. The molecule has 0 spiro atoms. The lowest BCUT2D eigenvalue weighted by Gasteiger charge is -2.32. The van der Waals surface area contributed by atoms with Crippen LogP contribution in [0.25, 0.3) is 0 Å². The Morgan fingerprint density at radius 2 is 2.33 bits per heavy atom. The molecule has 1 heterocycles. The van der Waals surface area contributed by atoms with Crippen molar-refractivity contribution in [1.82, 2.24) is 4.90 Å². The van der Waals surface area contributed by atoms with Crippen molar-refractivity contribution in [3.8, 4) is 0 Å². The Morgan fingerprint density at radius 1 is 1.60 bits per heavy atom. The van der Waals surface area contributed by atoms with E-state index in [1.165, 1.54) is 7.11 Å². The van der Waals surface area contributed by atoms with Crippen molar-refractivity contribution in [3.05, 3.63) is 0 Å². The molecule has 1 rings (SSSR count). The highest BCUT2D eigenvalue weighted by Gasteiger charge is 2.27. The summed E-state index contributed by atoms with van der Waals surface area (Å²) in [6, 6.07) is 0. The van der Waals surface area contributed by atoms with Crippen LogP contribution in [0.2, 0.25) is 0 Å². The number of carbonyl (C=O) groups is 1. The highest BCUT2D eigenvalue weighted by molar-refractivity contribution is 5.74. The molecule has 0 aliphatic carbocycles. The van der Waals surface area contributed by atoms with E-state index in [-0.39, 0.29) is 12.1 Å². The van der Waals surface area contributed by atoms with E-state index < -0.39 is 6.10 Å². The Bertz CT molecular complexity index is 210. The number of esters is 1. The van der Waals surface area contributed by atoms with Crippen molar-refractivity contribution in [3.63, 3.8) is 0 Å². The number of hydrogen-bond acceptors (Lipinski definition) is 5. The van der Waals surface area contributed by atoms with Gasteiger partial charge in [0.1, 0.15) is 0 Å². The molecule has 2 unspecified atom stereocenters. The van der Waals surface area contributed by atoms with Crippen LogP contribution in [0.4, 0.5) is 0 Å². The number of morpholine rings is 1. The van der Waals surface area contributed by atoms with Crippen LogP contribution < -0.4 is 0 Å². The van der Waals surface area contributed by atoms with Crippen molar-refractivity contribution in [1.29, 1.82) is 0 Å². The zero-order valence-corrected chi connectivity index (χ0v) is 9.56. The van der Waals surface area contributed by atoms with Crippen LogP contribution in [0.3, 0.4) is 0 Å². The van der Waals surface area contributed by atoms with Gasteiger partial charge in [-0.05, 0) is 6.92 Å². The molecule has 0 aromatic rings. The van der Waals surface area contributed by atoms with E-state index in [0.29, 0.717) is 13.2 Å². The number of hydrogen-bond donors (Lipinski definition) is 0. The number of ether oxygens (including phenoxy) is 3. The monoisotopic (exact) mass is 217 g/mol. The SMILES string of the molecule is COC(=O)C1CN(CC(C)OC)CCO1. The second-order valence-electron chi connectivity index (χ2n) is 3.69. The van der Waals surface area contributed by atoms with Crippen molar-refractivity contribution >= 4 is 5.97 Å². The van der Waals surface area contributed by atoms with Gasteiger partial charge in [0.15, 0.2) is 6.10 Å². The highest BCUT2D eigenvalue weighted by atomic mass is 16.6. The maximum absolute atomic E-state index is 11.3. The maximum Gasteiger partial charge on any atom is 0.336 e. The molecule has 0 N–H and O–H groups in total. The average Bonchev–Trinajstić information content (AvgIpc) is 2.28. The Kier molecular flexibility index (Phi) is 5.01. The summed E-state index contributed by atoms with van der Waals surface area (Å²) >= 11 is 0. The third-order valence-corrected chi connectivity index (χ3v) is 2.53. The van der Waals surface area contributed by atoms with Gasteiger partial charge >= 0.3 is 5.97 Å². The lowest BCUT2D eigenvalue weighted by atomic mass is 10.2. The molecule has 0 saturated carbocycles. The molecule has 0 aromatic carbocycles. The lowest BCUT2D eigenvalue weighted by molar-refractivity contribution is -0.160. The summed E-state index contributed by atoms with van der Waals surface area (Å²) in [5, 5.41) is 0. The average molecular weight is 217 g/mol. The number of nitrogens with zero attached hydrogens (tertiary/aromatic N) is 1. The summed E-state index contributed by atoms with van der Waals surface area (Å²) in [4.78, 5) is 13.4. The minimum atomic E-state index is -0.451. The van der Waals surface area contributed by atoms with Gasteiger partial charge in [0.2, 0.25) is 0 Å². The quantitative estimate of drug-likeness (QED) is 0.615. The first kappa shape index (κ1) is 12.4. The molecule has 88 valence electrons. The number of methoxy groups -OCH3 is 2. The molecular weight excluding hydrogens is 198 g/mol. The molecule has 1 fully saturated rings. The third kappa shape index (κ3) is 3.77. The molecule has 1 aliphatic rings. The van der Waals surface area contributed by atoms with E-state index in [2.05, 4.69) is 9.64 Å². The van der Waals surface area contributed by atoms with Gasteiger partial charge < -0.3 is 14.2 Å². The number of carbonyl (C=O) groups excluding carboxylic acids is 1. The van der Waals surface area contributed by atoms with E-state index >= 15 is 0 Å². The molecule has 0 amide bonds. The highest BCUT2D eigenvalue weighted by Crippen LogP contribution is 2.07. The lowest BCUT2D eigenvalue weighted by Crippen LogP contribution is -2.48. The summed E-state index contributed by atoms with van der Waals surface area (Å²) in [7, 11) is 3.06. The van der Waals surface area contributed by atoms with Gasteiger partial charge in [-0.3, -0.25) is 4.90 Å². The first-order chi connectivity index (χ1) is 7.17. The minimum absolute atomic E-state index is 0.168. The second kappa shape index (κ2) is 6.05. The molecule has 0 bridgehead atoms. The zero-order chi connectivity index (χ0) is 11.3. The normalized spacial score (nSPS) is 24.9. The topological polar surface area (TPSA) is 48.0 Å². The molecule has 5 heteroatoms. The largest absolute Gasteiger partial charge is 0.467 e.